The van der Waals surface area contributed by atoms with Gasteiger partial charge in [0.2, 0.25) is 15.9 Å². The number of anilines is 1. The predicted octanol–water partition coefficient (Wildman–Crippen LogP) is 6.81. The van der Waals surface area contributed by atoms with Crippen LogP contribution in [0.25, 0.3) is 10.9 Å². The number of methoxy groups -OCH3 is 1. The number of carbonyl (C=O) groups is 2. The molecule has 49 heavy (non-hydrogen) atoms. The Balaban J connectivity index is 1.16. The summed E-state index contributed by atoms with van der Waals surface area (Å²) in [6, 6.07) is 25.7. The second kappa shape index (κ2) is 15.5. The van der Waals surface area contributed by atoms with Crippen molar-refractivity contribution in [3.05, 3.63) is 113 Å². The van der Waals surface area contributed by atoms with Crippen molar-refractivity contribution in [2.45, 2.75) is 24.7 Å². The Labute approximate surface area is 290 Å². The molecule has 0 atom stereocenters. The van der Waals surface area contributed by atoms with Crippen molar-refractivity contribution in [2.24, 2.45) is 10.2 Å². The van der Waals surface area contributed by atoms with Crippen LogP contribution < -0.4 is 19.7 Å². The summed E-state index contributed by atoms with van der Waals surface area (Å²) in [6.07, 6.45) is 0.390. The third-order valence-corrected chi connectivity index (χ3v) is 9.66. The first-order chi connectivity index (χ1) is 23.5. The molecule has 5 rings (SSSR count). The molecule has 1 amide bonds. The van der Waals surface area contributed by atoms with Crippen LogP contribution in [-0.4, -0.2) is 59.1 Å². The maximum Gasteiger partial charge on any atom is 0.262 e. The van der Waals surface area contributed by atoms with E-state index in [4.69, 9.17) is 16.3 Å². The number of fused-ring (bicyclic) bond motifs is 1. The second-order valence-electron chi connectivity index (χ2n) is 11.5. The molecular formula is C36H37ClN6O5S. The molecule has 0 fully saturated rings. The number of ether oxygens (including phenoxy) is 1. The summed E-state index contributed by atoms with van der Waals surface area (Å²) in [5, 5.41) is 12.5. The lowest BCUT2D eigenvalue weighted by Gasteiger charge is -2.11. The third-order valence-electron chi connectivity index (χ3n) is 7.94. The Morgan fingerprint density at radius 1 is 0.878 bits per heavy atom. The monoisotopic (exact) mass is 700 g/mol. The minimum absolute atomic E-state index is 0.0210. The number of halogens is 1. The van der Waals surface area contributed by atoms with Crippen LogP contribution in [0, 0.1) is 6.92 Å². The van der Waals surface area contributed by atoms with Crippen molar-refractivity contribution >= 4 is 61.4 Å². The van der Waals surface area contributed by atoms with Crippen molar-refractivity contribution in [1.82, 2.24) is 14.6 Å². The van der Waals surface area contributed by atoms with Gasteiger partial charge >= 0.3 is 0 Å². The molecule has 5 aromatic rings. The highest BCUT2D eigenvalue weighted by Gasteiger charge is 2.22. The summed E-state index contributed by atoms with van der Waals surface area (Å²) in [6.45, 7) is 2.18. The van der Waals surface area contributed by atoms with Gasteiger partial charge in [-0.05, 0) is 110 Å². The minimum atomic E-state index is -3.77. The third kappa shape index (κ3) is 8.52. The number of hydrogen-bond donors (Lipinski definition) is 2. The molecule has 11 nitrogen and oxygen atoms in total. The quantitative estimate of drug-likeness (QED) is 0.102. The molecule has 0 saturated heterocycles. The van der Waals surface area contributed by atoms with E-state index in [9.17, 15) is 18.0 Å². The molecule has 4 aromatic carbocycles. The normalized spacial score (nSPS) is 11.6. The van der Waals surface area contributed by atoms with Gasteiger partial charge in [0.15, 0.2) is 0 Å². The van der Waals surface area contributed by atoms with E-state index in [-0.39, 0.29) is 36.2 Å². The number of azo groups is 1. The van der Waals surface area contributed by atoms with E-state index in [2.05, 4.69) is 20.3 Å². The van der Waals surface area contributed by atoms with Gasteiger partial charge < -0.3 is 15.0 Å². The number of aromatic nitrogens is 1. The molecule has 1 heterocycles. The summed E-state index contributed by atoms with van der Waals surface area (Å²) in [7, 11) is 1.70. The highest BCUT2D eigenvalue weighted by molar-refractivity contribution is 7.89. The first-order valence-corrected chi connectivity index (χ1v) is 17.4. The molecular weight excluding hydrogens is 664 g/mol. The summed E-state index contributed by atoms with van der Waals surface area (Å²) in [4.78, 5) is 28.6. The largest absolute Gasteiger partial charge is 0.497 e. The van der Waals surface area contributed by atoms with Gasteiger partial charge in [-0.3, -0.25) is 14.2 Å². The molecule has 0 bridgehead atoms. The van der Waals surface area contributed by atoms with E-state index in [0.717, 1.165) is 11.1 Å². The lowest BCUT2D eigenvalue weighted by Crippen LogP contribution is -2.30. The topological polar surface area (TPSA) is 134 Å². The van der Waals surface area contributed by atoms with E-state index < -0.39 is 10.0 Å². The van der Waals surface area contributed by atoms with Crippen LogP contribution >= 0.6 is 11.6 Å². The standard InChI is InChI=1S/C36H37ClN6O5S/c1-24-32(33-22-30(48-4)16-19-34(33)43(24)36(45)25-6-8-26(37)9-7-25)23-35(44)38-20-5-21-39-49(46,47)31-17-12-28(13-18-31)41-40-27-10-14-29(15-11-27)42(2)3/h6-19,22,39H,5,20-21,23H2,1-4H3,(H,38,44)/b41-40+. The highest BCUT2D eigenvalue weighted by atomic mass is 35.5. The van der Waals surface area contributed by atoms with Crippen LogP contribution in [0.2, 0.25) is 5.02 Å². The van der Waals surface area contributed by atoms with Gasteiger partial charge in [-0.2, -0.15) is 10.2 Å². The average molecular weight is 701 g/mol. The number of rotatable bonds is 13. The number of nitrogens with one attached hydrogen (secondary N) is 2. The van der Waals surface area contributed by atoms with Gasteiger partial charge in [-0.15, -0.1) is 0 Å². The fraction of sp³-hybridized carbons (Fsp3) is 0.222. The van der Waals surface area contributed by atoms with Crippen molar-refractivity contribution < 1.29 is 22.7 Å². The Bertz CT molecular complexity index is 2090. The zero-order chi connectivity index (χ0) is 35.1. The zero-order valence-corrected chi connectivity index (χ0v) is 29.2. The van der Waals surface area contributed by atoms with Crippen molar-refractivity contribution in [3.63, 3.8) is 0 Å². The molecule has 2 N–H and O–H groups in total. The zero-order valence-electron chi connectivity index (χ0n) is 27.6. The first kappa shape index (κ1) is 35.3. The van der Waals surface area contributed by atoms with Crippen LogP contribution in [0.5, 0.6) is 5.75 Å². The fourth-order valence-corrected chi connectivity index (χ4v) is 6.45. The summed E-state index contributed by atoms with van der Waals surface area (Å²) < 4.78 is 35.2. The van der Waals surface area contributed by atoms with Gasteiger partial charge in [0.25, 0.3) is 5.91 Å². The lowest BCUT2D eigenvalue weighted by molar-refractivity contribution is -0.120. The van der Waals surface area contributed by atoms with Crippen molar-refractivity contribution in [2.75, 3.05) is 39.2 Å². The molecule has 254 valence electrons. The molecule has 0 aliphatic rings. The Kier molecular flexibility index (Phi) is 11.1. The number of benzene rings is 4. The molecule has 0 spiro atoms. The van der Waals surface area contributed by atoms with Crippen LogP contribution in [0.4, 0.5) is 17.1 Å². The average Bonchev–Trinajstić information content (AvgIpc) is 3.37. The highest BCUT2D eigenvalue weighted by Crippen LogP contribution is 2.31. The summed E-state index contributed by atoms with van der Waals surface area (Å²) >= 11 is 6.02. The second-order valence-corrected chi connectivity index (χ2v) is 13.7. The Morgan fingerprint density at radius 3 is 2.12 bits per heavy atom. The number of hydrogen-bond acceptors (Lipinski definition) is 8. The fourth-order valence-electron chi connectivity index (χ4n) is 5.25. The van der Waals surface area contributed by atoms with Gasteiger partial charge in [0.1, 0.15) is 5.75 Å². The molecule has 0 unspecified atom stereocenters. The van der Waals surface area contributed by atoms with E-state index in [0.29, 0.717) is 50.9 Å². The van der Waals surface area contributed by atoms with E-state index >= 15 is 0 Å². The van der Waals surface area contributed by atoms with Crippen molar-refractivity contribution in [1.29, 1.82) is 0 Å². The lowest BCUT2D eigenvalue weighted by atomic mass is 10.1. The first-order valence-electron chi connectivity index (χ1n) is 15.5. The van der Waals surface area contributed by atoms with Crippen molar-refractivity contribution in [3.8, 4) is 5.75 Å². The summed E-state index contributed by atoms with van der Waals surface area (Å²) in [5.74, 6) is 0.0982. The minimum Gasteiger partial charge on any atom is -0.497 e. The Morgan fingerprint density at radius 2 is 1.51 bits per heavy atom. The molecule has 0 radical (unpaired) electrons. The van der Waals surface area contributed by atoms with Crippen LogP contribution in [0.3, 0.4) is 0 Å². The maximum atomic E-state index is 13.5. The molecule has 13 heteroatoms. The number of nitrogens with zero attached hydrogens (tertiary/aromatic N) is 4. The number of carbonyl (C=O) groups excluding carboxylic acids is 2. The van der Waals surface area contributed by atoms with E-state index in [1.54, 1.807) is 67.1 Å². The number of amides is 1. The molecule has 0 aliphatic carbocycles. The van der Waals surface area contributed by atoms with Gasteiger partial charge in [-0.25, -0.2) is 13.1 Å². The van der Waals surface area contributed by atoms with Crippen LogP contribution in [-0.2, 0) is 21.2 Å². The smallest absolute Gasteiger partial charge is 0.262 e. The number of sulfonamides is 1. The van der Waals surface area contributed by atoms with Gasteiger partial charge in [-0.1, -0.05) is 11.6 Å². The van der Waals surface area contributed by atoms with Crippen LogP contribution in [0.1, 0.15) is 28.0 Å². The van der Waals surface area contributed by atoms with Gasteiger partial charge in [0, 0.05) is 54.5 Å². The summed E-state index contributed by atoms with van der Waals surface area (Å²) in [5.41, 5.74) is 4.69. The van der Waals surface area contributed by atoms with Gasteiger partial charge in [0.05, 0.1) is 35.3 Å². The van der Waals surface area contributed by atoms with Crippen LogP contribution in [0.15, 0.2) is 106 Å². The van der Waals surface area contributed by atoms with E-state index in [1.807, 2.05) is 49.3 Å². The molecule has 1 aromatic heterocycles. The van der Waals surface area contributed by atoms with E-state index in [1.165, 1.54) is 12.1 Å². The predicted molar refractivity (Wildman–Crippen MR) is 192 cm³/mol. The maximum absolute atomic E-state index is 13.5. The SMILES string of the molecule is COc1ccc2c(c1)c(CC(=O)NCCCNS(=O)(=O)c1ccc(/N=N/c3ccc(N(C)C)cc3)cc1)c(C)n2C(=O)c1ccc(Cl)cc1. The molecule has 0 aliphatic heterocycles. The molecule has 0 saturated carbocycles. The Hall–Kier alpha value is -5.04.